The number of morpholine rings is 2. The number of carbonyl (C=O) groups excluding carboxylic acids is 2. The number of anilines is 2. The number of H-pyrrole nitrogens is 1. The molecule has 3 aromatic rings. The van der Waals surface area contributed by atoms with Crippen LogP contribution in [-0.4, -0.2) is 111 Å². The number of benzene rings is 2. The van der Waals surface area contributed by atoms with Crippen molar-refractivity contribution in [2.75, 3.05) is 89.5 Å². The van der Waals surface area contributed by atoms with Gasteiger partial charge in [0.2, 0.25) is 0 Å². The van der Waals surface area contributed by atoms with Crippen LogP contribution in [0, 0.1) is 6.92 Å². The first-order valence-corrected chi connectivity index (χ1v) is 14.3. The fourth-order valence-corrected chi connectivity index (χ4v) is 4.83. The van der Waals surface area contributed by atoms with E-state index < -0.39 is 12.2 Å². The molecule has 2 aliphatic heterocycles. The topological polar surface area (TPSA) is 130 Å². The Morgan fingerprint density at radius 1 is 0.905 bits per heavy atom. The van der Waals surface area contributed by atoms with Gasteiger partial charge in [0, 0.05) is 56.0 Å². The third-order valence-electron chi connectivity index (χ3n) is 7.23. The number of fused-ring (bicyclic) bond motifs is 1. The molecule has 42 heavy (non-hydrogen) atoms. The van der Waals surface area contributed by atoms with Crippen LogP contribution in [0.1, 0.15) is 16.8 Å². The third kappa shape index (κ3) is 8.52. The Kier molecular flexibility index (Phi) is 10.4. The maximum atomic E-state index is 12.5. The van der Waals surface area contributed by atoms with Crippen LogP contribution < -0.4 is 10.6 Å². The maximum absolute atomic E-state index is 12.5. The van der Waals surface area contributed by atoms with Crippen molar-refractivity contribution < 1.29 is 28.5 Å². The molecule has 0 bridgehead atoms. The minimum Gasteiger partial charge on any atom is -0.448 e. The lowest BCUT2D eigenvalue weighted by atomic mass is 10.1. The summed E-state index contributed by atoms with van der Waals surface area (Å²) in [7, 11) is 0. The van der Waals surface area contributed by atoms with E-state index in [9.17, 15) is 9.59 Å². The van der Waals surface area contributed by atoms with Crippen LogP contribution in [0.25, 0.3) is 23.1 Å². The predicted molar refractivity (Wildman–Crippen MR) is 161 cm³/mol. The van der Waals surface area contributed by atoms with E-state index >= 15 is 0 Å². The zero-order chi connectivity index (χ0) is 29.1. The number of aromatic nitrogens is 2. The minimum atomic E-state index is -0.491. The summed E-state index contributed by atoms with van der Waals surface area (Å²) in [6.45, 7) is 10.2. The summed E-state index contributed by atoms with van der Waals surface area (Å²) in [6.07, 6.45) is 2.82. The molecular weight excluding hydrogens is 540 g/mol. The number of ether oxygens (including phenoxy) is 4. The summed E-state index contributed by atoms with van der Waals surface area (Å²) < 4.78 is 21.4. The second-order valence-electron chi connectivity index (χ2n) is 10.2. The van der Waals surface area contributed by atoms with Crippen LogP contribution in [0.15, 0.2) is 36.4 Å². The van der Waals surface area contributed by atoms with Gasteiger partial charge in [0.05, 0.1) is 37.6 Å². The molecule has 0 radical (unpaired) electrons. The van der Waals surface area contributed by atoms with Crippen molar-refractivity contribution in [2.24, 2.45) is 0 Å². The van der Waals surface area contributed by atoms with Gasteiger partial charge in [-0.1, -0.05) is 18.2 Å². The highest BCUT2D eigenvalue weighted by Crippen LogP contribution is 2.26. The fourth-order valence-electron chi connectivity index (χ4n) is 4.83. The van der Waals surface area contributed by atoms with E-state index in [0.717, 1.165) is 53.9 Å². The van der Waals surface area contributed by atoms with Gasteiger partial charge < -0.3 is 18.9 Å². The van der Waals surface area contributed by atoms with Gasteiger partial charge in [-0.3, -0.25) is 25.5 Å². The molecule has 0 spiro atoms. The zero-order valence-corrected chi connectivity index (χ0v) is 23.9. The van der Waals surface area contributed by atoms with E-state index in [0.29, 0.717) is 64.1 Å². The summed E-state index contributed by atoms with van der Waals surface area (Å²) in [5.74, 6) is 0. The molecule has 0 saturated carbocycles. The second-order valence-corrected chi connectivity index (χ2v) is 10.2. The lowest BCUT2D eigenvalue weighted by Gasteiger charge is -2.26. The number of nitrogens with one attached hydrogen (secondary N) is 3. The van der Waals surface area contributed by atoms with Crippen molar-refractivity contribution in [1.29, 1.82) is 0 Å². The van der Waals surface area contributed by atoms with Gasteiger partial charge in [0.25, 0.3) is 0 Å². The van der Waals surface area contributed by atoms with Gasteiger partial charge in [0.15, 0.2) is 0 Å². The summed E-state index contributed by atoms with van der Waals surface area (Å²) in [5.41, 5.74) is 4.64. The smallest absolute Gasteiger partial charge is 0.411 e. The van der Waals surface area contributed by atoms with Crippen LogP contribution in [0.5, 0.6) is 0 Å². The van der Waals surface area contributed by atoms with E-state index in [-0.39, 0.29) is 0 Å². The van der Waals surface area contributed by atoms with Crippen LogP contribution in [-0.2, 0) is 18.9 Å². The molecule has 12 heteroatoms. The quantitative estimate of drug-likeness (QED) is 0.329. The molecule has 5 rings (SSSR count). The number of hydrogen-bond donors (Lipinski definition) is 3. The van der Waals surface area contributed by atoms with Crippen molar-refractivity contribution in [1.82, 2.24) is 20.0 Å². The number of rotatable bonds is 10. The number of hydrogen-bond acceptors (Lipinski definition) is 9. The van der Waals surface area contributed by atoms with Gasteiger partial charge in [-0.2, -0.15) is 5.10 Å². The zero-order valence-electron chi connectivity index (χ0n) is 23.9. The first-order valence-electron chi connectivity index (χ1n) is 14.3. The highest BCUT2D eigenvalue weighted by Gasteiger charge is 2.14. The highest BCUT2D eigenvalue weighted by atomic mass is 16.6. The Bertz CT molecular complexity index is 1380. The third-order valence-corrected chi connectivity index (χ3v) is 7.23. The fraction of sp³-hybridized carbons (Fsp3) is 0.433. The normalized spacial score (nSPS) is 16.5. The Morgan fingerprint density at radius 2 is 1.55 bits per heavy atom. The predicted octanol–water partition coefficient (Wildman–Crippen LogP) is 3.80. The molecule has 2 aromatic carbocycles. The summed E-state index contributed by atoms with van der Waals surface area (Å²) >= 11 is 0. The molecule has 0 unspecified atom stereocenters. The van der Waals surface area contributed by atoms with Gasteiger partial charge in [0.1, 0.15) is 13.2 Å². The summed E-state index contributed by atoms with van der Waals surface area (Å²) in [6, 6.07) is 11.3. The average Bonchev–Trinajstić information content (AvgIpc) is 3.39. The van der Waals surface area contributed by atoms with Crippen LogP contribution in [0.2, 0.25) is 0 Å². The Hall–Kier alpha value is -3.97. The lowest BCUT2D eigenvalue weighted by Crippen LogP contribution is -2.38. The van der Waals surface area contributed by atoms with E-state index in [1.165, 1.54) is 0 Å². The molecule has 3 heterocycles. The van der Waals surface area contributed by atoms with Crippen LogP contribution in [0.3, 0.4) is 0 Å². The molecule has 1 aromatic heterocycles. The van der Waals surface area contributed by atoms with Crippen molar-refractivity contribution in [3.05, 3.63) is 53.2 Å². The summed E-state index contributed by atoms with van der Waals surface area (Å²) in [4.78, 5) is 29.1. The van der Waals surface area contributed by atoms with Crippen molar-refractivity contribution >= 4 is 46.6 Å². The van der Waals surface area contributed by atoms with Gasteiger partial charge in [-0.25, -0.2) is 9.59 Å². The molecule has 2 aliphatic rings. The van der Waals surface area contributed by atoms with E-state index in [1.54, 1.807) is 0 Å². The lowest BCUT2D eigenvalue weighted by molar-refractivity contribution is 0.0288. The average molecular weight is 579 g/mol. The van der Waals surface area contributed by atoms with Gasteiger partial charge >= 0.3 is 12.2 Å². The van der Waals surface area contributed by atoms with E-state index in [2.05, 4.69) is 30.6 Å². The molecule has 3 N–H and O–H groups in total. The molecule has 0 atom stereocenters. The van der Waals surface area contributed by atoms with Crippen molar-refractivity contribution in [3.63, 3.8) is 0 Å². The first-order chi connectivity index (χ1) is 20.5. The Balaban J connectivity index is 1.15. The molecule has 2 fully saturated rings. The van der Waals surface area contributed by atoms with Crippen molar-refractivity contribution in [2.45, 2.75) is 6.92 Å². The molecule has 224 valence electrons. The molecule has 0 aliphatic carbocycles. The number of aryl methyl sites for hydroxylation is 1. The Morgan fingerprint density at radius 3 is 2.21 bits per heavy atom. The highest BCUT2D eigenvalue weighted by molar-refractivity contribution is 5.96. The monoisotopic (exact) mass is 578 g/mol. The van der Waals surface area contributed by atoms with E-state index in [1.807, 2.05) is 55.5 Å². The van der Waals surface area contributed by atoms with Gasteiger partial charge in [-0.05, 0) is 48.4 Å². The number of amides is 2. The van der Waals surface area contributed by atoms with E-state index in [4.69, 9.17) is 18.9 Å². The minimum absolute atomic E-state index is 0.312. The summed E-state index contributed by atoms with van der Waals surface area (Å²) in [5, 5.41) is 14.0. The van der Waals surface area contributed by atoms with Crippen LogP contribution in [0.4, 0.5) is 21.0 Å². The number of aromatic amines is 1. The van der Waals surface area contributed by atoms with Crippen molar-refractivity contribution in [3.8, 4) is 0 Å². The SMILES string of the molecule is Cc1cc2[nH]nc(/C=C/c3cccc(NC(=O)OCCN4CCOCC4)c3)c2cc1NC(=O)OCCN1CCOCC1. The molecule has 12 nitrogen and oxygen atoms in total. The van der Waals surface area contributed by atoms with Crippen LogP contribution >= 0.6 is 0 Å². The largest absolute Gasteiger partial charge is 0.448 e. The number of nitrogens with zero attached hydrogens (tertiary/aromatic N) is 3. The Labute approximate surface area is 244 Å². The first kappa shape index (κ1) is 29.5. The maximum Gasteiger partial charge on any atom is 0.411 e. The molecule has 2 saturated heterocycles. The standard InChI is InChI=1S/C30H38N6O6/c1-22-19-28-25(21-27(22)32-30(38)42-18-12-36-9-15-40-16-10-36)26(33-34-28)6-5-23-3-2-4-24(20-23)31-29(37)41-17-11-35-7-13-39-14-8-35/h2-6,19-21H,7-18H2,1H3,(H,31,37)(H,32,38)(H,33,34)/b6-5+. The number of carbonyl (C=O) groups is 2. The van der Waals surface area contributed by atoms with Gasteiger partial charge in [-0.15, -0.1) is 0 Å². The molecular formula is C30H38N6O6. The molecule has 2 amide bonds. The second kappa shape index (κ2) is 14.8.